The first kappa shape index (κ1) is 23.8. The van der Waals surface area contributed by atoms with Gasteiger partial charge in [0.1, 0.15) is 17.1 Å². The first-order chi connectivity index (χ1) is 14.2. The maximum atomic E-state index is 12.1. The highest BCUT2D eigenvalue weighted by molar-refractivity contribution is 5.74. The summed E-state index contributed by atoms with van der Waals surface area (Å²) in [4.78, 5) is 25.9. The Hall–Kier alpha value is -2.52. The Bertz CT molecular complexity index is 704. The monoisotopic (exact) mass is 422 g/mol. The van der Waals surface area contributed by atoms with Gasteiger partial charge < -0.3 is 29.8 Å². The molecule has 1 aromatic rings. The fourth-order valence-electron chi connectivity index (χ4n) is 2.96. The number of hydrogen-bond acceptors (Lipinski definition) is 6. The molecule has 0 bridgehead atoms. The molecule has 0 aromatic carbocycles. The Morgan fingerprint density at radius 1 is 1.13 bits per heavy atom. The van der Waals surface area contributed by atoms with Gasteiger partial charge in [-0.1, -0.05) is 12.2 Å². The zero-order valence-electron chi connectivity index (χ0n) is 18.3. The summed E-state index contributed by atoms with van der Waals surface area (Å²) in [6.45, 7) is 11.4. The molecular weight excluding hydrogens is 388 g/mol. The number of rotatable bonds is 8. The zero-order chi connectivity index (χ0) is 22.0. The van der Waals surface area contributed by atoms with Gasteiger partial charge in [-0.15, -0.1) is 0 Å². The van der Waals surface area contributed by atoms with E-state index in [2.05, 4.69) is 20.9 Å². The van der Waals surface area contributed by atoms with Crippen LogP contribution in [-0.4, -0.2) is 68.6 Å². The van der Waals surface area contributed by atoms with Gasteiger partial charge in [0.2, 0.25) is 0 Å². The Kier molecular flexibility index (Phi) is 9.19. The van der Waals surface area contributed by atoms with E-state index in [1.54, 1.807) is 12.2 Å². The number of nitrogens with zero attached hydrogens (tertiary/aromatic N) is 1. The predicted molar refractivity (Wildman–Crippen MR) is 113 cm³/mol. The first-order valence-corrected chi connectivity index (χ1v) is 10.3. The van der Waals surface area contributed by atoms with Gasteiger partial charge in [0.15, 0.2) is 0 Å². The molecule has 1 aliphatic heterocycles. The molecule has 2 heterocycles. The smallest absolute Gasteiger partial charge is 0.407 e. The molecule has 3 amide bonds. The maximum Gasteiger partial charge on any atom is 0.407 e. The van der Waals surface area contributed by atoms with Crippen molar-refractivity contribution in [1.29, 1.82) is 0 Å². The van der Waals surface area contributed by atoms with Crippen LogP contribution in [-0.2, 0) is 9.47 Å². The van der Waals surface area contributed by atoms with Crippen molar-refractivity contribution in [3.8, 4) is 0 Å². The van der Waals surface area contributed by atoms with E-state index in [4.69, 9.17) is 13.9 Å². The summed E-state index contributed by atoms with van der Waals surface area (Å²) in [6, 6.07) is 3.58. The van der Waals surface area contributed by atoms with Crippen molar-refractivity contribution >= 4 is 12.1 Å². The van der Waals surface area contributed by atoms with Gasteiger partial charge in [0.25, 0.3) is 0 Å². The Balaban J connectivity index is 1.70. The van der Waals surface area contributed by atoms with Crippen LogP contribution in [0.5, 0.6) is 0 Å². The Labute approximate surface area is 178 Å². The number of carbonyl (C=O) groups is 2. The third-order valence-corrected chi connectivity index (χ3v) is 4.34. The van der Waals surface area contributed by atoms with Crippen LogP contribution >= 0.6 is 0 Å². The van der Waals surface area contributed by atoms with Gasteiger partial charge in [0.05, 0.1) is 19.3 Å². The van der Waals surface area contributed by atoms with Crippen molar-refractivity contribution in [3.05, 3.63) is 35.8 Å². The van der Waals surface area contributed by atoms with E-state index in [0.717, 1.165) is 24.6 Å². The first-order valence-electron chi connectivity index (χ1n) is 10.3. The molecule has 1 aliphatic rings. The zero-order valence-corrected chi connectivity index (χ0v) is 18.3. The van der Waals surface area contributed by atoms with Crippen LogP contribution in [0.2, 0.25) is 0 Å². The third-order valence-electron chi connectivity index (χ3n) is 4.34. The Morgan fingerprint density at radius 2 is 1.80 bits per heavy atom. The summed E-state index contributed by atoms with van der Waals surface area (Å²) in [6.07, 6.45) is 3.05. The van der Waals surface area contributed by atoms with Crippen molar-refractivity contribution in [2.75, 3.05) is 45.9 Å². The number of amides is 3. The molecule has 9 nitrogen and oxygen atoms in total. The molecule has 1 unspecified atom stereocenters. The van der Waals surface area contributed by atoms with Crippen LogP contribution in [0.3, 0.4) is 0 Å². The second kappa shape index (κ2) is 11.6. The summed E-state index contributed by atoms with van der Waals surface area (Å²) in [5.74, 6) is 1.68. The summed E-state index contributed by atoms with van der Waals surface area (Å²) in [7, 11) is 0. The average Bonchev–Trinajstić information content (AvgIpc) is 3.10. The molecule has 168 valence electrons. The van der Waals surface area contributed by atoms with Crippen molar-refractivity contribution in [3.63, 3.8) is 0 Å². The van der Waals surface area contributed by atoms with Gasteiger partial charge >= 0.3 is 12.1 Å². The van der Waals surface area contributed by atoms with Crippen LogP contribution in [0.1, 0.15) is 38.3 Å². The van der Waals surface area contributed by atoms with E-state index in [1.807, 2.05) is 39.8 Å². The SMILES string of the molecule is Cc1ccc(C(CNC(=O)NC/C=C/CNC(=O)OC(C)(C)C)N2CCOCC2)o1. The molecule has 30 heavy (non-hydrogen) atoms. The van der Waals surface area contributed by atoms with Crippen molar-refractivity contribution < 1.29 is 23.5 Å². The highest BCUT2D eigenvalue weighted by atomic mass is 16.6. The predicted octanol–water partition coefficient (Wildman–Crippen LogP) is 2.34. The molecule has 2 rings (SSSR count). The lowest BCUT2D eigenvalue weighted by Gasteiger charge is -2.33. The molecule has 9 heteroatoms. The summed E-state index contributed by atoms with van der Waals surface area (Å²) in [5.41, 5.74) is -0.527. The van der Waals surface area contributed by atoms with Crippen molar-refractivity contribution in [1.82, 2.24) is 20.9 Å². The Morgan fingerprint density at radius 3 is 2.40 bits per heavy atom. The number of hydrogen-bond donors (Lipinski definition) is 3. The van der Waals surface area contributed by atoms with E-state index in [-0.39, 0.29) is 12.1 Å². The molecular formula is C21H34N4O5. The van der Waals surface area contributed by atoms with Gasteiger partial charge in [-0.2, -0.15) is 0 Å². The second-order valence-electron chi connectivity index (χ2n) is 8.06. The van der Waals surface area contributed by atoms with Gasteiger partial charge in [0, 0.05) is 32.7 Å². The van der Waals surface area contributed by atoms with Gasteiger partial charge in [-0.05, 0) is 39.8 Å². The lowest BCUT2D eigenvalue weighted by molar-refractivity contribution is 0.0121. The number of nitrogens with one attached hydrogen (secondary N) is 3. The quantitative estimate of drug-likeness (QED) is 0.556. The van der Waals surface area contributed by atoms with E-state index >= 15 is 0 Å². The third kappa shape index (κ3) is 8.87. The summed E-state index contributed by atoms with van der Waals surface area (Å²) >= 11 is 0. The molecule has 1 atom stereocenters. The number of carbonyl (C=O) groups excluding carboxylic acids is 2. The highest BCUT2D eigenvalue weighted by Gasteiger charge is 2.25. The number of morpholine rings is 1. The van der Waals surface area contributed by atoms with Crippen LogP contribution in [0.4, 0.5) is 9.59 Å². The van der Waals surface area contributed by atoms with Gasteiger partial charge in [-0.25, -0.2) is 9.59 Å². The normalized spacial score (nSPS) is 16.3. The van der Waals surface area contributed by atoms with Crippen molar-refractivity contribution in [2.24, 2.45) is 0 Å². The molecule has 0 spiro atoms. The summed E-state index contributed by atoms with van der Waals surface area (Å²) < 4.78 is 16.4. The molecule has 1 fully saturated rings. The lowest BCUT2D eigenvalue weighted by atomic mass is 10.1. The van der Waals surface area contributed by atoms with Crippen molar-refractivity contribution in [2.45, 2.75) is 39.3 Å². The minimum atomic E-state index is -0.527. The van der Waals surface area contributed by atoms with Crippen LogP contribution < -0.4 is 16.0 Å². The molecule has 0 radical (unpaired) electrons. The standard InChI is InChI=1S/C21H34N4O5/c1-16-7-8-18(29-16)17(25-11-13-28-14-12-25)15-24-19(26)22-9-5-6-10-23-20(27)30-21(2,3)4/h5-8,17H,9-15H2,1-4H3,(H,23,27)(H2,22,24,26)/b6-5+. The topological polar surface area (TPSA) is 105 Å². The van der Waals surface area contributed by atoms with E-state index in [1.165, 1.54) is 0 Å². The van der Waals surface area contributed by atoms with Crippen LogP contribution in [0, 0.1) is 6.92 Å². The molecule has 3 N–H and O–H groups in total. The molecule has 1 saturated heterocycles. The molecule has 1 aromatic heterocycles. The van der Waals surface area contributed by atoms with Crippen LogP contribution in [0.15, 0.2) is 28.7 Å². The molecule has 0 aliphatic carbocycles. The second-order valence-corrected chi connectivity index (χ2v) is 8.06. The number of ether oxygens (including phenoxy) is 2. The van der Waals surface area contributed by atoms with E-state index < -0.39 is 11.7 Å². The number of aryl methyl sites for hydroxylation is 1. The highest BCUT2D eigenvalue weighted by Crippen LogP contribution is 2.23. The average molecular weight is 423 g/mol. The number of urea groups is 1. The van der Waals surface area contributed by atoms with Crippen LogP contribution in [0.25, 0.3) is 0 Å². The maximum absolute atomic E-state index is 12.1. The number of alkyl carbamates (subject to hydrolysis) is 1. The number of furan rings is 1. The largest absolute Gasteiger partial charge is 0.465 e. The lowest BCUT2D eigenvalue weighted by Crippen LogP contribution is -2.45. The minimum absolute atomic E-state index is 0.0399. The molecule has 0 saturated carbocycles. The minimum Gasteiger partial charge on any atom is -0.465 e. The van der Waals surface area contributed by atoms with E-state index in [9.17, 15) is 9.59 Å². The van der Waals surface area contributed by atoms with Gasteiger partial charge in [-0.3, -0.25) is 4.90 Å². The van der Waals surface area contributed by atoms with E-state index in [0.29, 0.717) is 32.8 Å². The fraction of sp³-hybridized carbons (Fsp3) is 0.619. The fourth-order valence-corrected chi connectivity index (χ4v) is 2.96. The summed E-state index contributed by atoms with van der Waals surface area (Å²) in [5, 5.41) is 8.30.